The van der Waals surface area contributed by atoms with Crippen LogP contribution in [0.1, 0.15) is 70.8 Å². The number of dihydropyridines is 1. The second kappa shape index (κ2) is 19.3. The average molecular weight is 654 g/mol. The van der Waals surface area contributed by atoms with Gasteiger partial charge in [-0.15, -0.1) is 0 Å². The van der Waals surface area contributed by atoms with Crippen LogP contribution >= 0.6 is 0 Å². The Balaban J connectivity index is 1.78. The minimum atomic E-state index is -1.06. The summed E-state index contributed by atoms with van der Waals surface area (Å²) in [6.45, 7) is 6.52. The van der Waals surface area contributed by atoms with Crippen LogP contribution in [0.3, 0.4) is 0 Å². The second-order valence-corrected chi connectivity index (χ2v) is 11.3. The lowest BCUT2D eigenvalue weighted by Crippen LogP contribution is -2.34. The quantitative estimate of drug-likeness (QED) is 0.0736. The van der Waals surface area contributed by atoms with Crippen LogP contribution in [0.5, 0.6) is 11.5 Å². The van der Waals surface area contributed by atoms with Crippen molar-refractivity contribution in [1.82, 2.24) is 10.6 Å². The van der Waals surface area contributed by atoms with Gasteiger partial charge in [-0.3, -0.25) is 10.1 Å². The summed E-state index contributed by atoms with van der Waals surface area (Å²) in [5, 5.41) is 28.3. The van der Waals surface area contributed by atoms with Crippen molar-refractivity contribution in [1.29, 1.82) is 0 Å². The lowest BCUT2D eigenvalue weighted by Gasteiger charge is -2.31. The topological polar surface area (TPSA) is 158 Å². The third-order valence-corrected chi connectivity index (χ3v) is 7.73. The molecule has 0 amide bonds. The summed E-state index contributed by atoms with van der Waals surface area (Å²) in [5.41, 5.74) is 1.19. The van der Waals surface area contributed by atoms with Crippen molar-refractivity contribution >= 4 is 17.6 Å². The molecule has 2 atom stereocenters. The fourth-order valence-corrected chi connectivity index (χ4v) is 5.36. The summed E-state index contributed by atoms with van der Waals surface area (Å²) in [7, 11) is 1.23. The van der Waals surface area contributed by atoms with Gasteiger partial charge in [0.25, 0.3) is 5.69 Å². The van der Waals surface area contributed by atoms with Crippen molar-refractivity contribution < 1.29 is 38.6 Å². The average Bonchev–Trinajstić information content (AvgIpc) is 3.06. The lowest BCUT2D eigenvalue weighted by molar-refractivity contribution is -0.384. The van der Waals surface area contributed by atoms with E-state index < -0.39 is 28.9 Å². The molecule has 12 nitrogen and oxygen atoms in total. The van der Waals surface area contributed by atoms with Crippen LogP contribution in [0.25, 0.3) is 0 Å². The van der Waals surface area contributed by atoms with E-state index >= 15 is 0 Å². The maximum atomic E-state index is 13.6. The Bertz CT molecular complexity index is 1410. The molecule has 2 aromatic carbocycles. The number of aliphatic hydroxyl groups excluding tert-OH is 1. The van der Waals surface area contributed by atoms with Gasteiger partial charge < -0.3 is 34.7 Å². The minimum absolute atomic E-state index is 0.103. The number of nitrogens with zero attached hydrogens (tertiary/aromatic N) is 1. The van der Waals surface area contributed by atoms with Crippen LogP contribution in [0, 0.1) is 10.1 Å². The molecule has 12 heteroatoms. The highest BCUT2D eigenvalue weighted by Gasteiger charge is 2.40. The Morgan fingerprint density at radius 2 is 1.64 bits per heavy atom. The van der Waals surface area contributed by atoms with Gasteiger partial charge in [-0.05, 0) is 38.5 Å². The molecule has 0 saturated heterocycles. The lowest BCUT2D eigenvalue weighted by atomic mass is 9.79. The van der Waals surface area contributed by atoms with E-state index in [0.29, 0.717) is 30.1 Å². The number of unbranched alkanes of at least 4 members (excludes halogenated alkanes) is 5. The fourth-order valence-electron chi connectivity index (χ4n) is 5.36. The molecule has 0 radical (unpaired) electrons. The summed E-state index contributed by atoms with van der Waals surface area (Å²) < 4.78 is 22.4. The van der Waals surface area contributed by atoms with Crippen molar-refractivity contribution in [3.8, 4) is 11.5 Å². The molecular formula is C35H47N3O9. The van der Waals surface area contributed by atoms with Gasteiger partial charge in [0, 0.05) is 42.2 Å². The number of ether oxygens (including phenoxy) is 4. The smallest absolute Gasteiger partial charge is 0.336 e. The minimum Gasteiger partial charge on any atom is -0.492 e. The number of hydrogen-bond acceptors (Lipinski definition) is 11. The SMILES string of the molecule is CCCCCCCCOC(=O)C1=C(C)NC(C)=C(C(=O)OC)C1c1cc([N+](=O)[O-])ccc1OCCNCC(O)COc1ccccc1. The number of nitro groups is 1. The largest absolute Gasteiger partial charge is 0.492 e. The number of carbonyl (C=O) groups excluding carboxylic acids is 2. The van der Waals surface area contributed by atoms with Gasteiger partial charge in [-0.25, -0.2) is 9.59 Å². The Morgan fingerprint density at radius 3 is 2.32 bits per heavy atom. The number of para-hydroxylation sites is 1. The van der Waals surface area contributed by atoms with Crippen LogP contribution in [0.2, 0.25) is 0 Å². The van der Waals surface area contributed by atoms with Gasteiger partial charge in [0.1, 0.15) is 30.8 Å². The van der Waals surface area contributed by atoms with Crippen LogP contribution < -0.4 is 20.1 Å². The van der Waals surface area contributed by atoms with Gasteiger partial charge in [-0.1, -0.05) is 57.2 Å². The Morgan fingerprint density at radius 1 is 0.957 bits per heavy atom. The molecule has 0 aliphatic carbocycles. The predicted molar refractivity (Wildman–Crippen MR) is 177 cm³/mol. The normalized spacial score (nSPS) is 15.1. The van der Waals surface area contributed by atoms with E-state index in [1.807, 2.05) is 18.2 Å². The van der Waals surface area contributed by atoms with Crippen molar-refractivity contribution in [3.05, 3.63) is 86.7 Å². The third kappa shape index (κ3) is 11.1. The van der Waals surface area contributed by atoms with Crippen molar-refractivity contribution in [2.75, 3.05) is 40.0 Å². The molecule has 0 bridgehead atoms. The summed E-state index contributed by atoms with van der Waals surface area (Å²) in [6, 6.07) is 13.2. The molecule has 0 saturated carbocycles. The highest BCUT2D eigenvalue weighted by Crippen LogP contribution is 2.44. The molecule has 1 heterocycles. The highest BCUT2D eigenvalue weighted by atomic mass is 16.6. The molecule has 2 aromatic rings. The van der Waals surface area contributed by atoms with Crippen molar-refractivity contribution in [2.24, 2.45) is 0 Å². The zero-order valence-electron chi connectivity index (χ0n) is 27.7. The van der Waals surface area contributed by atoms with Gasteiger partial charge >= 0.3 is 11.9 Å². The molecule has 3 N–H and O–H groups in total. The molecule has 2 unspecified atom stereocenters. The van der Waals surface area contributed by atoms with Gasteiger partial charge in [0.15, 0.2) is 0 Å². The number of allylic oxidation sites excluding steroid dienone is 2. The molecule has 1 aliphatic rings. The molecule has 256 valence electrons. The molecular weight excluding hydrogens is 606 g/mol. The summed E-state index contributed by atoms with van der Waals surface area (Å²) in [6.07, 6.45) is 5.33. The first-order valence-corrected chi connectivity index (χ1v) is 16.1. The van der Waals surface area contributed by atoms with E-state index in [9.17, 15) is 24.8 Å². The highest BCUT2D eigenvalue weighted by molar-refractivity contribution is 6.00. The van der Waals surface area contributed by atoms with E-state index in [2.05, 4.69) is 17.6 Å². The standard InChI is InChI=1S/C35H47N3O9/c1-5-6-7-8-9-13-19-46-35(41)32-25(3)37-24(2)31(34(40)44-4)33(32)29-21-26(38(42)43)16-17-30(29)45-20-18-36-22-27(39)23-47-28-14-11-10-12-15-28/h10-12,14-17,21,27,33,36-37,39H,5-9,13,18-20,22-23H2,1-4H3. The number of nitro benzene ring substituents is 1. The monoisotopic (exact) mass is 653 g/mol. The second-order valence-electron chi connectivity index (χ2n) is 11.3. The predicted octanol–water partition coefficient (Wildman–Crippen LogP) is 5.31. The number of nitrogens with one attached hydrogen (secondary N) is 2. The van der Waals surface area contributed by atoms with E-state index in [1.54, 1.807) is 26.0 Å². The van der Waals surface area contributed by atoms with E-state index in [-0.39, 0.29) is 54.5 Å². The Hall–Kier alpha value is -4.42. The summed E-state index contributed by atoms with van der Waals surface area (Å²) >= 11 is 0. The Labute approximate surface area is 276 Å². The van der Waals surface area contributed by atoms with Crippen LogP contribution in [-0.2, 0) is 19.1 Å². The summed E-state index contributed by atoms with van der Waals surface area (Å²) in [4.78, 5) is 38.1. The van der Waals surface area contributed by atoms with Crippen LogP contribution in [0.15, 0.2) is 71.1 Å². The Kier molecular flexibility index (Phi) is 15.2. The van der Waals surface area contributed by atoms with E-state index in [4.69, 9.17) is 18.9 Å². The van der Waals surface area contributed by atoms with Crippen LogP contribution in [-0.4, -0.2) is 68.1 Å². The van der Waals surface area contributed by atoms with Gasteiger partial charge in [0.05, 0.1) is 35.7 Å². The van der Waals surface area contributed by atoms with E-state index in [1.165, 1.54) is 25.3 Å². The first-order valence-electron chi connectivity index (χ1n) is 16.1. The number of hydrogen-bond donors (Lipinski definition) is 3. The number of methoxy groups -OCH3 is 1. The molecule has 1 aliphatic heterocycles. The van der Waals surface area contributed by atoms with Crippen LogP contribution in [0.4, 0.5) is 5.69 Å². The van der Waals surface area contributed by atoms with Crippen molar-refractivity contribution in [3.63, 3.8) is 0 Å². The van der Waals surface area contributed by atoms with E-state index in [0.717, 1.165) is 32.1 Å². The number of esters is 2. The number of non-ortho nitro benzene ring substituents is 1. The molecule has 3 rings (SSSR count). The maximum absolute atomic E-state index is 13.6. The van der Waals surface area contributed by atoms with Crippen molar-refractivity contribution in [2.45, 2.75) is 71.3 Å². The number of rotatable bonds is 20. The van der Waals surface area contributed by atoms with Gasteiger partial charge in [-0.2, -0.15) is 0 Å². The number of carbonyl (C=O) groups is 2. The molecule has 47 heavy (non-hydrogen) atoms. The number of benzene rings is 2. The zero-order valence-corrected chi connectivity index (χ0v) is 27.7. The molecule has 0 spiro atoms. The first kappa shape index (κ1) is 37.0. The maximum Gasteiger partial charge on any atom is 0.336 e. The summed E-state index contributed by atoms with van der Waals surface area (Å²) in [5.74, 6) is -1.47. The van der Waals surface area contributed by atoms with Gasteiger partial charge in [0.2, 0.25) is 0 Å². The fraction of sp³-hybridized carbons (Fsp3) is 0.486. The number of aliphatic hydroxyl groups is 1. The zero-order chi connectivity index (χ0) is 34.2. The third-order valence-electron chi connectivity index (χ3n) is 7.73. The molecule has 0 fully saturated rings. The molecule has 0 aromatic heterocycles. The first-order chi connectivity index (χ1) is 22.7.